The first-order chi connectivity index (χ1) is 13.1. The van der Waals surface area contributed by atoms with Crippen molar-refractivity contribution in [3.8, 4) is 5.75 Å². The second-order valence-corrected chi connectivity index (χ2v) is 8.12. The Bertz CT molecular complexity index is 634. The number of unbranched alkanes of at least 4 members (excludes halogenated alkanes) is 6. The molecule has 0 aliphatic rings. The molecule has 27 heavy (non-hydrogen) atoms. The van der Waals surface area contributed by atoms with Crippen LogP contribution in [0.5, 0.6) is 5.75 Å². The maximum Gasteiger partial charge on any atom is 0.118 e. The largest absolute Gasteiger partial charge is 0.508 e. The molecule has 2 nitrogen and oxygen atoms in total. The van der Waals surface area contributed by atoms with Gasteiger partial charge in [0.1, 0.15) is 5.75 Å². The van der Waals surface area contributed by atoms with Crippen molar-refractivity contribution in [3.63, 3.8) is 0 Å². The van der Waals surface area contributed by atoms with E-state index in [9.17, 15) is 5.11 Å². The zero-order valence-corrected chi connectivity index (χ0v) is 17.1. The average Bonchev–Trinajstić information content (AvgIpc) is 2.66. The third-order valence-electron chi connectivity index (χ3n) is 5.05. The Morgan fingerprint density at radius 2 is 1.33 bits per heavy atom. The summed E-state index contributed by atoms with van der Waals surface area (Å²) in [5, 5.41) is 9.91. The predicted octanol–water partition coefficient (Wildman–Crippen LogP) is 6.70. The van der Waals surface area contributed by atoms with Gasteiger partial charge in [0.05, 0.1) is 5.60 Å². The number of phenols is 1. The SMILES string of the molecule is CC(C)(Cc1ccccc1O)OCCCCCCCCCc1ccccc1. The minimum absolute atomic E-state index is 0.240. The first-order valence-corrected chi connectivity index (χ1v) is 10.5. The van der Waals surface area contributed by atoms with E-state index in [0.717, 1.165) is 25.0 Å². The van der Waals surface area contributed by atoms with Crippen LogP contribution in [0.4, 0.5) is 0 Å². The Labute approximate surface area is 165 Å². The zero-order chi connectivity index (χ0) is 19.4. The van der Waals surface area contributed by atoms with E-state index in [0.29, 0.717) is 5.75 Å². The Kier molecular flexibility index (Phi) is 9.41. The molecule has 2 aromatic carbocycles. The lowest BCUT2D eigenvalue weighted by Gasteiger charge is -2.26. The van der Waals surface area contributed by atoms with Crippen molar-refractivity contribution in [1.29, 1.82) is 0 Å². The Hall–Kier alpha value is -1.80. The molecule has 2 rings (SSSR count). The van der Waals surface area contributed by atoms with E-state index in [1.54, 1.807) is 6.07 Å². The summed E-state index contributed by atoms with van der Waals surface area (Å²) >= 11 is 0. The van der Waals surface area contributed by atoms with Gasteiger partial charge >= 0.3 is 0 Å². The number of phenolic OH excluding ortho intramolecular Hbond substituents is 1. The molecule has 0 unspecified atom stereocenters. The molecule has 0 bridgehead atoms. The summed E-state index contributed by atoms with van der Waals surface area (Å²) in [4.78, 5) is 0. The molecule has 0 aliphatic carbocycles. The molecular formula is C25H36O2. The molecule has 0 amide bonds. The van der Waals surface area contributed by atoms with E-state index in [4.69, 9.17) is 4.74 Å². The number of ether oxygens (including phenoxy) is 1. The molecule has 2 aromatic rings. The van der Waals surface area contributed by atoms with Crippen molar-refractivity contribution in [2.75, 3.05) is 6.61 Å². The average molecular weight is 369 g/mol. The van der Waals surface area contributed by atoms with Crippen molar-refractivity contribution < 1.29 is 9.84 Å². The predicted molar refractivity (Wildman–Crippen MR) is 114 cm³/mol. The molecule has 148 valence electrons. The van der Waals surface area contributed by atoms with Gasteiger partial charge in [-0.1, -0.05) is 80.6 Å². The number of hydrogen-bond donors (Lipinski definition) is 1. The summed E-state index contributed by atoms with van der Waals surface area (Å²) in [7, 11) is 0. The van der Waals surface area contributed by atoms with Gasteiger partial charge in [-0.25, -0.2) is 0 Å². The maximum absolute atomic E-state index is 9.91. The van der Waals surface area contributed by atoms with Crippen LogP contribution in [0, 0.1) is 0 Å². The molecule has 0 heterocycles. The van der Waals surface area contributed by atoms with E-state index in [2.05, 4.69) is 44.2 Å². The number of hydrogen-bond acceptors (Lipinski definition) is 2. The van der Waals surface area contributed by atoms with Crippen LogP contribution >= 0.6 is 0 Å². The Morgan fingerprint density at radius 1 is 0.741 bits per heavy atom. The standard InChI is InChI=1S/C25H36O2/c1-25(2,21-23-18-12-13-19-24(23)26)27-20-14-7-5-3-4-6-9-15-22-16-10-8-11-17-22/h8,10-13,16-19,26H,3-7,9,14-15,20-21H2,1-2H3. The summed E-state index contributed by atoms with van der Waals surface area (Å²) in [5.74, 6) is 0.362. The fraction of sp³-hybridized carbons (Fsp3) is 0.520. The van der Waals surface area contributed by atoms with Crippen molar-refractivity contribution in [2.45, 2.75) is 77.2 Å². The van der Waals surface area contributed by atoms with Crippen LogP contribution in [0.2, 0.25) is 0 Å². The molecular weight excluding hydrogens is 332 g/mol. The van der Waals surface area contributed by atoms with Crippen LogP contribution in [0.1, 0.15) is 69.9 Å². The van der Waals surface area contributed by atoms with Gasteiger partial charge in [0.2, 0.25) is 0 Å². The van der Waals surface area contributed by atoms with Gasteiger partial charge in [-0.3, -0.25) is 0 Å². The van der Waals surface area contributed by atoms with Crippen LogP contribution in [0.25, 0.3) is 0 Å². The van der Waals surface area contributed by atoms with Crippen LogP contribution in [0.15, 0.2) is 54.6 Å². The van der Waals surface area contributed by atoms with Gasteiger partial charge in [-0.2, -0.15) is 0 Å². The highest BCUT2D eigenvalue weighted by molar-refractivity contribution is 5.32. The van der Waals surface area contributed by atoms with E-state index in [-0.39, 0.29) is 5.60 Å². The summed E-state index contributed by atoms with van der Waals surface area (Å²) in [5.41, 5.74) is 2.18. The third kappa shape index (κ3) is 9.10. The third-order valence-corrected chi connectivity index (χ3v) is 5.05. The molecule has 0 aromatic heterocycles. The van der Waals surface area contributed by atoms with E-state index in [1.165, 1.54) is 50.5 Å². The number of para-hydroxylation sites is 1. The summed E-state index contributed by atoms with van der Waals surface area (Å²) in [6.07, 6.45) is 10.9. The summed E-state index contributed by atoms with van der Waals surface area (Å²) < 4.78 is 6.07. The second-order valence-electron chi connectivity index (χ2n) is 8.12. The van der Waals surface area contributed by atoms with Gasteiger partial charge in [-0.05, 0) is 50.3 Å². The lowest BCUT2D eigenvalue weighted by molar-refractivity contribution is -0.0190. The van der Waals surface area contributed by atoms with Crippen molar-refractivity contribution in [1.82, 2.24) is 0 Å². The fourth-order valence-electron chi connectivity index (χ4n) is 3.48. The summed E-state index contributed by atoms with van der Waals surface area (Å²) in [6.45, 7) is 5.01. The molecule has 0 fully saturated rings. The molecule has 0 radical (unpaired) electrons. The van der Waals surface area contributed by atoms with Crippen LogP contribution in [0.3, 0.4) is 0 Å². The molecule has 0 atom stereocenters. The molecule has 0 saturated heterocycles. The Balaban J connectivity index is 1.46. The Morgan fingerprint density at radius 3 is 2.04 bits per heavy atom. The molecule has 0 saturated carbocycles. The number of benzene rings is 2. The van der Waals surface area contributed by atoms with Gasteiger partial charge in [0, 0.05) is 13.0 Å². The van der Waals surface area contributed by atoms with Crippen LogP contribution < -0.4 is 0 Å². The minimum Gasteiger partial charge on any atom is -0.508 e. The number of rotatable bonds is 13. The van der Waals surface area contributed by atoms with Gasteiger partial charge in [0.15, 0.2) is 0 Å². The first kappa shape index (κ1) is 21.5. The lowest BCUT2D eigenvalue weighted by atomic mass is 9.97. The van der Waals surface area contributed by atoms with Gasteiger partial charge < -0.3 is 9.84 Å². The fourth-order valence-corrected chi connectivity index (χ4v) is 3.48. The quantitative estimate of drug-likeness (QED) is 0.398. The zero-order valence-electron chi connectivity index (χ0n) is 17.1. The minimum atomic E-state index is -0.240. The number of aromatic hydroxyl groups is 1. The molecule has 2 heteroatoms. The highest BCUT2D eigenvalue weighted by Crippen LogP contribution is 2.24. The van der Waals surface area contributed by atoms with Crippen molar-refractivity contribution in [2.24, 2.45) is 0 Å². The highest BCUT2D eigenvalue weighted by atomic mass is 16.5. The van der Waals surface area contributed by atoms with Crippen molar-refractivity contribution >= 4 is 0 Å². The maximum atomic E-state index is 9.91. The monoisotopic (exact) mass is 368 g/mol. The van der Waals surface area contributed by atoms with Gasteiger partial charge in [-0.15, -0.1) is 0 Å². The van der Waals surface area contributed by atoms with Crippen molar-refractivity contribution in [3.05, 3.63) is 65.7 Å². The van der Waals surface area contributed by atoms with E-state index < -0.39 is 0 Å². The number of aryl methyl sites for hydroxylation is 1. The normalized spacial score (nSPS) is 11.6. The van der Waals surface area contributed by atoms with Crippen LogP contribution in [-0.4, -0.2) is 17.3 Å². The molecule has 1 N–H and O–H groups in total. The highest BCUT2D eigenvalue weighted by Gasteiger charge is 2.20. The molecule has 0 spiro atoms. The smallest absolute Gasteiger partial charge is 0.118 e. The second kappa shape index (κ2) is 11.8. The van der Waals surface area contributed by atoms with E-state index >= 15 is 0 Å². The molecule has 0 aliphatic heterocycles. The first-order valence-electron chi connectivity index (χ1n) is 10.5. The van der Waals surface area contributed by atoms with Gasteiger partial charge in [0.25, 0.3) is 0 Å². The van der Waals surface area contributed by atoms with E-state index in [1.807, 2.05) is 18.2 Å². The summed E-state index contributed by atoms with van der Waals surface area (Å²) in [6, 6.07) is 18.3. The topological polar surface area (TPSA) is 29.5 Å². The van der Waals surface area contributed by atoms with Crippen LogP contribution in [-0.2, 0) is 17.6 Å². The lowest BCUT2D eigenvalue weighted by Crippen LogP contribution is -2.28.